The van der Waals surface area contributed by atoms with E-state index in [0.29, 0.717) is 10.8 Å². The molecule has 2 aromatic carbocycles. The Kier molecular flexibility index (Phi) is 19.9. The van der Waals surface area contributed by atoms with Crippen molar-refractivity contribution in [3.8, 4) is 0 Å². The molecule has 2 aromatic rings. The Balaban J connectivity index is 0.000000217. The predicted molar refractivity (Wildman–Crippen MR) is 233 cm³/mol. The highest BCUT2D eigenvalue weighted by molar-refractivity contribution is 6.27. The monoisotopic (exact) mass is 773 g/mol. The van der Waals surface area contributed by atoms with E-state index in [-0.39, 0.29) is 0 Å². The molecule has 0 amide bonds. The molecule has 0 aromatic heterocycles. The summed E-state index contributed by atoms with van der Waals surface area (Å²) in [5.41, 5.74) is 4.24. The van der Waals surface area contributed by atoms with Crippen molar-refractivity contribution in [3.63, 3.8) is 0 Å². The minimum Gasteiger partial charge on any atom is -0.473 e. The van der Waals surface area contributed by atoms with Crippen molar-refractivity contribution in [2.24, 2.45) is 11.8 Å². The quantitative estimate of drug-likeness (QED) is 0.116. The first-order chi connectivity index (χ1) is 27.2. The van der Waals surface area contributed by atoms with Crippen LogP contribution in [0, 0.1) is 11.8 Å². The average molecular weight is 773 g/mol. The number of hydrogen-bond donors (Lipinski definition) is 2. The molecule has 56 heavy (non-hydrogen) atoms. The van der Waals surface area contributed by atoms with Crippen LogP contribution in [-0.4, -0.2) is 70.2 Å². The second-order valence-corrected chi connectivity index (χ2v) is 17.9. The van der Waals surface area contributed by atoms with Gasteiger partial charge in [0.25, 0.3) is 0 Å². The molecule has 6 heteroatoms. The van der Waals surface area contributed by atoms with Crippen LogP contribution in [0.3, 0.4) is 0 Å². The van der Waals surface area contributed by atoms with E-state index in [2.05, 4.69) is 98.2 Å². The third-order valence-electron chi connectivity index (χ3n) is 14.5. The molecule has 314 valence electrons. The summed E-state index contributed by atoms with van der Waals surface area (Å²) in [4.78, 5) is 23.9. The molecule has 2 N–H and O–H groups in total. The van der Waals surface area contributed by atoms with Crippen LogP contribution in [0.2, 0.25) is 0 Å². The van der Waals surface area contributed by atoms with Crippen molar-refractivity contribution in [1.29, 1.82) is 0 Å². The van der Waals surface area contributed by atoms with E-state index >= 15 is 0 Å². The fourth-order valence-corrected chi connectivity index (χ4v) is 11.4. The van der Waals surface area contributed by atoms with Gasteiger partial charge in [-0.25, -0.2) is 9.59 Å². The van der Waals surface area contributed by atoms with E-state index in [0.717, 1.165) is 23.9 Å². The van der Waals surface area contributed by atoms with Crippen molar-refractivity contribution < 1.29 is 19.8 Å². The number of carboxylic acids is 2. The van der Waals surface area contributed by atoms with Crippen LogP contribution < -0.4 is 0 Å². The maximum Gasteiger partial charge on any atom is 0.414 e. The van der Waals surface area contributed by atoms with Gasteiger partial charge in [0.05, 0.1) is 0 Å². The Hall–Kier alpha value is -2.70. The summed E-state index contributed by atoms with van der Waals surface area (Å²) in [6, 6.07) is 24.6. The lowest BCUT2D eigenvalue weighted by atomic mass is 9.65. The van der Waals surface area contributed by atoms with E-state index in [1.165, 1.54) is 167 Å². The van der Waals surface area contributed by atoms with E-state index < -0.39 is 11.9 Å². The normalized spacial score (nSPS) is 27.3. The molecule has 2 saturated heterocycles. The Morgan fingerprint density at radius 2 is 0.911 bits per heavy atom. The third kappa shape index (κ3) is 12.6. The van der Waals surface area contributed by atoms with Crippen LogP contribution in [-0.2, 0) is 20.4 Å². The fourth-order valence-electron chi connectivity index (χ4n) is 11.4. The molecule has 6 rings (SSSR count). The number of carbonyl (C=O) groups is 2. The number of rotatable bonds is 18. The first-order valence-corrected chi connectivity index (χ1v) is 23.3. The minimum absolute atomic E-state index is 0.486. The number of aliphatic carboxylic acids is 2. The van der Waals surface area contributed by atoms with Crippen molar-refractivity contribution >= 4 is 11.9 Å². The molecule has 2 heterocycles. The van der Waals surface area contributed by atoms with Gasteiger partial charge < -0.3 is 20.0 Å². The van der Waals surface area contributed by atoms with Gasteiger partial charge in [0.15, 0.2) is 0 Å². The number of unbranched alkanes of at least 4 members (excludes halogenated alkanes) is 10. The Morgan fingerprint density at radius 1 is 0.554 bits per heavy atom. The summed E-state index contributed by atoms with van der Waals surface area (Å²) in [5.74, 6) is -1.87. The van der Waals surface area contributed by atoms with Crippen molar-refractivity contribution in [2.75, 3.05) is 26.2 Å². The number of hydrogen-bond acceptors (Lipinski definition) is 4. The zero-order chi connectivity index (χ0) is 40.2. The van der Waals surface area contributed by atoms with E-state index in [1.807, 2.05) is 0 Å². The zero-order valence-corrected chi connectivity index (χ0v) is 36.1. The van der Waals surface area contributed by atoms with E-state index in [4.69, 9.17) is 19.8 Å². The second kappa shape index (κ2) is 24.3. The van der Waals surface area contributed by atoms with Crippen molar-refractivity contribution in [3.05, 3.63) is 71.8 Å². The second-order valence-electron chi connectivity index (χ2n) is 17.9. The summed E-state index contributed by atoms with van der Waals surface area (Å²) >= 11 is 0. The maximum atomic E-state index is 9.10. The first kappa shape index (κ1) is 46.0. The molecule has 6 unspecified atom stereocenters. The number of fused-ring (bicyclic) bond motifs is 2. The average Bonchev–Trinajstić information content (AvgIpc) is 3.86. The van der Waals surface area contributed by atoms with Crippen LogP contribution in [0.4, 0.5) is 0 Å². The molecule has 0 spiro atoms. The Morgan fingerprint density at radius 3 is 1.25 bits per heavy atom. The maximum absolute atomic E-state index is 9.10. The van der Waals surface area contributed by atoms with Gasteiger partial charge in [0.1, 0.15) is 0 Å². The molecular formula is C50H80N2O4. The molecule has 6 nitrogen and oxygen atoms in total. The lowest BCUT2D eigenvalue weighted by molar-refractivity contribution is -0.159. The first-order valence-electron chi connectivity index (χ1n) is 23.3. The molecular weight excluding hydrogens is 693 g/mol. The summed E-state index contributed by atoms with van der Waals surface area (Å²) in [6.07, 6.45) is 31.0. The zero-order valence-electron chi connectivity index (χ0n) is 36.1. The third-order valence-corrected chi connectivity index (χ3v) is 14.5. The molecule has 4 fully saturated rings. The minimum atomic E-state index is -1.82. The van der Waals surface area contributed by atoms with Gasteiger partial charge in [-0.2, -0.15) is 0 Å². The number of benzene rings is 2. The highest BCUT2D eigenvalue weighted by Gasteiger charge is 2.50. The van der Waals surface area contributed by atoms with Gasteiger partial charge in [-0.3, -0.25) is 0 Å². The molecule has 2 saturated carbocycles. The van der Waals surface area contributed by atoms with Gasteiger partial charge in [-0.1, -0.05) is 165 Å². The van der Waals surface area contributed by atoms with Gasteiger partial charge in [-0.05, 0) is 100 Å². The number of nitrogens with zero attached hydrogens (tertiary/aromatic N) is 2. The standard InChI is InChI=1S/2C24H39N.C2H2O4/c2*1-3-5-6-7-8-12-18-25-20-22-16-13-17-24(22,19-23(25)4-2)21-14-10-9-11-15-21;3-1(4)2(5)6/h2*9-11,14-15,22-23H,3-8,12-13,16-20H2,1-2H3;(H,3,4)(H,5,6). The van der Waals surface area contributed by atoms with Gasteiger partial charge in [0.2, 0.25) is 0 Å². The number of carboxylic acid groups (broad SMARTS) is 2. The lowest BCUT2D eigenvalue weighted by Gasteiger charge is -2.49. The van der Waals surface area contributed by atoms with Crippen LogP contribution >= 0.6 is 0 Å². The van der Waals surface area contributed by atoms with E-state index in [1.54, 1.807) is 11.1 Å². The molecule has 2 aliphatic carbocycles. The summed E-state index contributed by atoms with van der Waals surface area (Å²) in [5, 5.41) is 14.8. The summed E-state index contributed by atoms with van der Waals surface area (Å²) in [6.45, 7) is 14.8. The lowest BCUT2D eigenvalue weighted by Crippen LogP contribution is -2.52. The Labute approximate surface area is 342 Å². The SMILES string of the molecule is CCCCCCCCN1CC2CCCC2(c2ccccc2)CC1CC.CCCCCCCCN1CC2CCCC2(c2ccccc2)CC1CC.O=C(O)C(=O)O. The highest BCUT2D eigenvalue weighted by atomic mass is 16.4. The smallest absolute Gasteiger partial charge is 0.414 e. The van der Waals surface area contributed by atoms with Crippen LogP contribution in [0.25, 0.3) is 0 Å². The van der Waals surface area contributed by atoms with Gasteiger partial charge in [0, 0.05) is 36.0 Å². The molecule has 0 radical (unpaired) electrons. The van der Waals surface area contributed by atoms with Crippen LogP contribution in [0.5, 0.6) is 0 Å². The molecule has 6 atom stereocenters. The number of likely N-dealkylation sites (tertiary alicyclic amines) is 2. The van der Waals surface area contributed by atoms with E-state index in [9.17, 15) is 0 Å². The molecule has 2 aliphatic heterocycles. The number of piperidine rings is 2. The van der Waals surface area contributed by atoms with Gasteiger partial charge >= 0.3 is 11.9 Å². The largest absolute Gasteiger partial charge is 0.473 e. The fraction of sp³-hybridized carbons (Fsp3) is 0.720. The van der Waals surface area contributed by atoms with Crippen molar-refractivity contribution in [1.82, 2.24) is 9.80 Å². The van der Waals surface area contributed by atoms with Gasteiger partial charge in [-0.15, -0.1) is 0 Å². The van der Waals surface area contributed by atoms with Crippen LogP contribution in [0.1, 0.15) is 180 Å². The Bertz CT molecular complexity index is 1280. The molecule has 0 bridgehead atoms. The molecule has 4 aliphatic rings. The topological polar surface area (TPSA) is 81.1 Å². The summed E-state index contributed by atoms with van der Waals surface area (Å²) < 4.78 is 0. The predicted octanol–water partition coefficient (Wildman–Crippen LogP) is 12.3. The highest BCUT2D eigenvalue weighted by Crippen LogP contribution is 2.54. The van der Waals surface area contributed by atoms with Crippen molar-refractivity contribution in [2.45, 2.75) is 192 Å². The summed E-state index contributed by atoms with van der Waals surface area (Å²) in [7, 11) is 0. The van der Waals surface area contributed by atoms with Crippen LogP contribution in [0.15, 0.2) is 60.7 Å².